The van der Waals surface area contributed by atoms with Gasteiger partial charge in [0, 0.05) is 6.54 Å². The van der Waals surface area contributed by atoms with E-state index >= 15 is 0 Å². The first-order chi connectivity index (χ1) is 14.6. The summed E-state index contributed by atoms with van der Waals surface area (Å²) in [5, 5.41) is 12.5. The molecule has 0 atom stereocenters. The maximum Gasteiger partial charge on any atom is 0.492 e. The Balaban J connectivity index is 1.74. The fourth-order valence-corrected chi connectivity index (χ4v) is 3.17. The number of carbonyl (C=O) groups excluding carboxylic acids is 1. The molecule has 2 N–H and O–H groups in total. The fourth-order valence-electron chi connectivity index (χ4n) is 3.17. The molecule has 3 rings (SSSR count). The first kappa shape index (κ1) is 22.9. The third-order valence-corrected chi connectivity index (χ3v) is 5.80. The molecule has 1 heterocycles. The van der Waals surface area contributed by atoms with E-state index in [1.807, 2.05) is 77.1 Å². The van der Waals surface area contributed by atoms with Gasteiger partial charge in [0.1, 0.15) is 12.4 Å². The molecule has 0 bridgehead atoms. The highest BCUT2D eigenvalue weighted by atomic mass is 16.7. The molecule has 6 nitrogen and oxygen atoms in total. The summed E-state index contributed by atoms with van der Waals surface area (Å²) in [5.41, 5.74) is 2.47. The topological polar surface area (TPSA) is 77.0 Å². The van der Waals surface area contributed by atoms with Crippen molar-refractivity contribution in [2.24, 2.45) is 0 Å². The molecule has 0 radical (unpaired) electrons. The molecule has 0 aromatic heterocycles. The van der Waals surface area contributed by atoms with Crippen LogP contribution in [-0.2, 0) is 20.7 Å². The first-order valence-corrected chi connectivity index (χ1v) is 10.4. The van der Waals surface area contributed by atoms with Gasteiger partial charge in [0.05, 0.1) is 11.2 Å². The summed E-state index contributed by atoms with van der Waals surface area (Å²) in [6.45, 7) is 10.2. The van der Waals surface area contributed by atoms with E-state index in [0.717, 1.165) is 22.2 Å². The zero-order valence-electron chi connectivity index (χ0n) is 18.8. The molecule has 2 aromatic rings. The summed E-state index contributed by atoms with van der Waals surface area (Å²) in [6.07, 6.45) is 1.41. The molecule has 0 spiro atoms. The van der Waals surface area contributed by atoms with Crippen LogP contribution in [0.2, 0.25) is 0 Å². The zero-order chi connectivity index (χ0) is 22.6. The van der Waals surface area contributed by atoms with Gasteiger partial charge in [-0.25, -0.2) is 4.79 Å². The Morgan fingerprint density at radius 3 is 2.35 bits per heavy atom. The predicted octanol–water partition coefficient (Wildman–Crippen LogP) is 4.64. The highest BCUT2D eigenvalue weighted by Crippen LogP contribution is 2.39. The maximum atomic E-state index is 12.3. The Labute approximate surface area is 184 Å². The molecule has 1 aliphatic rings. The normalized spacial score (nSPS) is 17.5. The Morgan fingerprint density at radius 1 is 1.10 bits per heavy atom. The smallest absolute Gasteiger partial charge is 0.492 e. The van der Waals surface area contributed by atoms with Crippen molar-refractivity contribution in [1.29, 1.82) is 0 Å². The lowest BCUT2D eigenvalue weighted by molar-refractivity contribution is 0.00578. The number of aryl methyl sites for hydroxylation is 1. The van der Waals surface area contributed by atoms with Crippen molar-refractivity contribution in [3.8, 4) is 5.75 Å². The molecule has 1 aliphatic heterocycles. The summed E-state index contributed by atoms with van der Waals surface area (Å²) in [6, 6.07) is 14.6. The Bertz CT molecular complexity index is 940. The number of carbonyl (C=O) groups is 1. The molecule has 1 fully saturated rings. The molecule has 2 aromatic carbocycles. The van der Waals surface area contributed by atoms with Gasteiger partial charge < -0.3 is 24.5 Å². The van der Waals surface area contributed by atoms with E-state index in [1.165, 1.54) is 0 Å². The minimum absolute atomic E-state index is 0.194. The van der Waals surface area contributed by atoms with Crippen LogP contribution in [0.1, 0.15) is 44.4 Å². The number of nitrogens with one attached hydrogen (secondary N) is 1. The number of benzene rings is 2. The lowest BCUT2D eigenvalue weighted by Gasteiger charge is -2.32. The van der Waals surface area contributed by atoms with Gasteiger partial charge in [-0.2, -0.15) is 0 Å². The zero-order valence-corrected chi connectivity index (χ0v) is 18.8. The van der Waals surface area contributed by atoms with Crippen molar-refractivity contribution in [2.75, 3.05) is 6.54 Å². The lowest BCUT2D eigenvalue weighted by atomic mass is 9.76. The Morgan fingerprint density at radius 2 is 1.74 bits per heavy atom. The van der Waals surface area contributed by atoms with Crippen LogP contribution in [0.4, 0.5) is 4.79 Å². The summed E-state index contributed by atoms with van der Waals surface area (Å²) >= 11 is 0. The van der Waals surface area contributed by atoms with Gasteiger partial charge in [-0.15, -0.1) is 0 Å². The minimum Gasteiger partial charge on any atom is -0.508 e. The number of hydrogen-bond donors (Lipinski definition) is 2. The van der Waals surface area contributed by atoms with Crippen molar-refractivity contribution in [3.63, 3.8) is 0 Å². The highest BCUT2D eigenvalue weighted by Gasteiger charge is 2.52. The van der Waals surface area contributed by atoms with Crippen molar-refractivity contribution in [2.45, 2.75) is 52.4 Å². The molecular weight excluding hydrogens is 393 g/mol. The van der Waals surface area contributed by atoms with Gasteiger partial charge in [0.2, 0.25) is 0 Å². The van der Waals surface area contributed by atoms with Gasteiger partial charge in [0.25, 0.3) is 0 Å². The summed E-state index contributed by atoms with van der Waals surface area (Å²) in [4.78, 5) is 12.3. The average molecular weight is 423 g/mol. The number of aromatic hydroxyl groups is 1. The summed E-state index contributed by atoms with van der Waals surface area (Å²) in [5.74, 6) is 0.203. The van der Waals surface area contributed by atoms with Crippen LogP contribution >= 0.6 is 0 Å². The molecule has 0 unspecified atom stereocenters. The number of hydrogen-bond acceptors (Lipinski definition) is 5. The van der Waals surface area contributed by atoms with E-state index in [4.69, 9.17) is 14.0 Å². The molecule has 0 aliphatic carbocycles. The molecular formula is C24H30BNO5. The van der Waals surface area contributed by atoms with Crippen LogP contribution in [0.25, 0.3) is 6.08 Å². The number of phenolic OH excluding ortho intramolecular Hbond substituents is 1. The van der Waals surface area contributed by atoms with E-state index < -0.39 is 24.4 Å². The van der Waals surface area contributed by atoms with Crippen LogP contribution in [-0.4, -0.2) is 36.1 Å². The van der Waals surface area contributed by atoms with E-state index in [2.05, 4.69) is 5.32 Å². The van der Waals surface area contributed by atoms with Crippen molar-refractivity contribution >= 4 is 19.3 Å². The quantitative estimate of drug-likeness (QED) is 0.662. The predicted molar refractivity (Wildman–Crippen MR) is 122 cm³/mol. The minimum atomic E-state index is -0.618. The molecule has 1 saturated heterocycles. The third kappa shape index (κ3) is 5.68. The molecule has 1 amide bonds. The van der Waals surface area contributed by atoms with Crippen molar-refractivity contribution < 1.29 is 23.9 Å². The van der Waals surface area contributed by atoms with E-state index in [9.17, 15) is 9.90 Å². The molecule has 31 heavy (non-hydrogen) atoms. The van der Waals surface area contributed by atoms with Crippen LogP contribution in [0.5, 0.6) is 5.75 Å². The number of rotatable bonds is 6. The second-order valence-corrected chi connectivity index (χ2v) is 8.76. The standard InChI is InChI=1S/C24H30BNO5/c1-17-13-21(27)12-11-19(17)14-20(25-30-23(2,3)24(4,5)31-25)15-26-22(28)29-16-18-9-7-6-8-10-18/h6-14,27H,15-16H2,1-5H3,(H,26,28). The van der Waals surface area contributed by atoms with E-state index in [1.54, 1.807) is 12.1 Å². The number of ether oxygens (including phenoxy) is 1. The third-order valence-electron chi connectivity index (χ3n) is 5.80. The van der Waals surface area contributed by atoms with E-state index in [0.29, 0.717) is 0 Å². The van der Waals surface area contributed by atoms with Gasteiger partial charge in [-0.3, -0.25) is 0 Å². The van der Waals surface area contributed by atoms with Gasteiger partial charge >= 0.3 is 13.2 Å². The summed E-state index contributed by atoms with van der Waals surface area (Å²) in [7, 11) is -0.618. The number of amides is 1. The molecule has 164 valence electrons. The van der Waals surface area contributed by atoms with Crippen molar-refractivity contribution in [3.05, 3.63) is 70.7 Å². The van der Waals surface area contributed by atoms with Gasteiger partial charge in [-0.1, -0.05) is 42.5 Å². The first-order valence-electron chi connectivity index (χ1n) is 10.4. The second kappa shape index (κ2) is 9.16. The van der Waals surface area contributed by atoms with Crippen molar-refractivity contribution in [1.82, 2.24) is 5.32 Å². The number of alkyl carbamates (subject to hydrolysis) is 1. The van der Waals surface area contributed by atoms with Crippen LogP contribution in [0.3, 0.4) is 0 Å². The average Bonchev–Trinajstić information content (AvgIpc) is 2.93. The van der Waals surface area contributed by atoms with Gasteiger partial charge in [0.15, 0.2) is 0 Å². The van der Waals surface area contributed by atoms with E-state index in [-0.39, 0.29) is 18.9 Å². The SMILES string of the molecule is Cc1cc(O)ccc1C=C(CNC(=O)OCc1ccccc1)B1OC(C)(C)C(C)(C)O1. The Kier molecular flexibility index (Phi) is 6.77. The maximum absolute atomic E-state index is 12.3. The summed E-state index contributed by atoms with van der Waals surface area (Å²) < 4.78 is 17.7. The highest BCUT2D eigenvalue weighted by molar-refractivity contribution is 6.56. The number of phenols is 1. The molecule has 0 saturated carbocycles. The Hall–Kier alpha value is -2.77. The fraction of sp³-hybridized carbons (Fsp3) is 0.375. The van der Waals surface area contributed by atoms with Crippen LogP contribution in [0.15, 0.2) is 54.0 Å². The lowest BCUT2D eigenvalue weighted by Crippen LogP contribution is -2.41. The second-order valence-electron chi connectivity index (χ2n) is 8.76. The monoisotopic (exact) mass is 423 g/mol. The van der Waals surface area contributed by atoms with Crippen LogP contribution < -0.4 is 5.32 Å². The largest absolute Gasteiger partial charge is 0.508 e. The van der Waals surface area contributed by atoms with Gasteiger partial charge in [-0.05, 0) is 68.9 Å². The van der Waals surface area contributed by atoms with Crippen LogP contribution in [0, 0.1) is 6.92 Å². The molecule has 7 heteroatoms.